The molecule has 3 aromatic rings. The lowest BCUT2D eigenvalue weighted by Crippen LogP contribution is -2.56. The molecule has 222 valence electrons. The van der Waals surface area contributed by atoms with Crippen molar-refractivity contribution in [1.82, 2.24) is 9.97 Å². The van der Waals surface area contributed by atoms with E-state index < -0.39 is 23.6 Å². The predicted molar refractivity (Wildman–Crippen MR) is 151 cm³/mol. The molecule has 2 atom stereocenters. The van der Waals surface area contributed by atoms with E-state index in [-0.39, 0.29) is 40.9 Å². The van der Waals surface area contributed by atoms with Crippen molar-refractivity contribution in [3.05, 3.63) is 59.1 Å². The number of anilines is 3. The Morgan fingerprint density at radius 1 is 1.19 bits per heavy atom. The third kappa shape index (κ3) is 5.83. The summed E-state index contributed by atoms with van der Waals surface area (Å²) in [6.45, 7) is 5.63. The number of rotatable bonds is 5. The fourth-order valence-electron chi connectivity index (χ4n) is 5.50. The van der Waals surface area contributed by atoms with Crippen LogP contribution in [0.3, 0.4) is 0 Å². The van der Waals surface area contributed by atoms with Crippen molar-refractivity contribution in [1.29, 1.82) is 0 Å². The number of fused-ring (bicyclic) bond motifs is 4. The molecule has 3 aliphatic rings. The van der Waals surface area contributed by atoms with Crippen LogP contribution < -0.4 is 19.9 Å². The molecule has 42 heavy (non-hydrogen) atoms. The summed E-state index contributed by atoms with van der Waals surface area (Å²) >= 11 is 6.58. The summed E-state index contributed by atoms with van der Waals surface area (Å²) in [4.78, 5) is 26.5. The Hall–Kier alpha value is -3.61. The fraction of sp³-hybridized carbons (Fsp3) is 0.414. The number of ether oxygens (including phenoxy) is 3. The number of nitrogens with one attached hydrogen (secondary N) is 1. The van der Waals surface area contributed by atoms with Gasteiger partial charge in [0.1, 0.15) is 18.5 Å². The minimum Gasteiger partial charge on any atom is -0.475 e. The molecule has 2 bridgehead atoms. The van der Waals surface area contributed by atoms with Gasteiger partial charge in [0.25, 0.3) is 0 Å². The molecule has 13 heteroatoms. The number of carbonyl (C=O) groups excluding carboxylic acids is 1. The van der Waals surface area contributed by atoms with E-state index in [1.807, 2.05) is 13.8 Å². The van der Waals surface area contributed by atoms with E-state index in [4.69, 9.17) is 25.8 Å². The second-order valence-electron chi connectivity index (χ2n) is 10.9. The van der Waals surface area contributed by atoms with Crippen LogP contribution in [-0.2, 0) is 15.7 Å². The molecule has 0 spiro atoms. The topological polar surface area (TPSA) is 89.1 Å². The molecule has 1 aromatic carbocycles. The Balaban J connectivity index is 1.27. The van der Waals surface area contributed by atoms with Gasteiger partial charge in [-0.1, -0.05) is 29.8 Å². The number of nitrogens with zero attached hydrogens (tertiary/aromatic N) is 4. The van der Waals surface area contributed by atoms with Crippen molar-refractivity contribution in [2.75, 3.05) is 41.4 Å². The summed E-state index contributed by atoms with van der Waals surface area (Å²) in [6.07, 6.45) is -3.18. The van der Waals surface area contributed by atoms with E-state index in [0.29, 0.717) is 30.5 Å². The van der Waals surface area contributed by atoms with Gasteiger partial charge in [0.05, 0.1) is 34.6 Å². The number of amides is 2. The van der Waals surface area contributed by atoms with E-state index in [1.165, 1.54) is 12.1 Å². The highest BCUT2D eigenvalue weighted by molar-refractivity contribution is 6.33. The van der Waals surface area contributed by atoms with Crippen molar-refractivity contribution < 1.29 is 32.2 Å². The molecule has 2 saturated heterocycles. The van der Waals surface area contributed by atoms with E-state index in [9.17, 15) is 18.0 Å². The monoisotopic (exact) mass is 603 g/mol. The second-order valence-corrected chi connectivity index (χ2v) is 11.3. The first kappa shape index (κ1) is 28.5. The average Bonchev–Trinajstić information content (AvgIpc) is 3.30. The Labute approximate surface area is 245 Å². The summed E-state index contributed by atoms with van der Waals surface area (Å²) < 4.78 is 57.4. The molecule has 0 saturated carbocycles. The lowest BCUT2D eigenvalue weighted by molar-refractivity contribution is -0.141. The molecular formula is C29H29ClF3N5O4. The largest absolute Gasteiger partial charge is 0.475 e. The second kappa shape index (κ2) is 10.9. The van der Waals surface area contributed by atoms with E-state index in [1.54, 1.807) is 29.2 Å². The number of benzene rings is 1. The van der Waals surface area contributed by atoms with Gasteiger partial charge >= 0.3 is 12.2 Å². The average molecular weight is 604 g/mol. The third-order valence-corrected chi connectivity index (χ3v) is 7.68. The van der Waals surface area contributed by atoms with Crippen LogP contribution in [0.25, 0.3) is 11.3 Å². The molecule has 0 aliphatic carbocycles. The highest BCUT2D eigenvalue weighted by atomic mass is 35.5. The molecule has 3 aliphatic heterocycles. The van der Waals surface area contributed by atoms with E-state index in [2.05, 4.69) is 20.2 Å². The number of piperidine rings is 1. The van der Waals surface area contributed by atoms with Crippen molar-refractivity contribution in [3.8, 4) is 17.1 Å². The number of aromatic nitrogens is 2. The van der Waals surface area contributed by atoms with Gasteiger partial charge in [-0.2, -0.15) is 18.2 Å². The summed E-state index contributed by atoms with van der Waals surface area (Å²) in [5.41, 5.74) is 0.203. The summed E-state index contributed by atoms with van der Waals surface area (Å²) in [5.74, 6) is 0.235. The van der Waals surface area contributed by atoms with Crippen molar-refractivity contribution in [3.63, 3.8) is 0 Å². The maximum absolute atomic E-state index is 13.8. The SMILES string of the molecule is CC1(C)OC[C@@H](COc2cccc(NC(=O)N3c4nc(-c5cccc(C(F)(F)F)c5)c(Cl)cc4N4CCC[C@H]3C4)n2)O1. The van der Waals surface area contributed by atoms with Crippen LogP contribution in [0.5, 0.6) is 5.88 Å². The first-order chi connectivity index (χ1) is 20.0. The summed E-state index contributed by atoms with van der Waals surface area (Å²) in [5, 5.41) is 3.04. The Kier molecular flexibility index (Phi) is 7.40. The molecular weight excluding hydrogens is 575 g/mol. The van der Waals surface area contributed by atoms with Crippen LogP contribution in [0, 0.1) is 0 Å². The first-order valence-corrected chi connectivity index (χ1v) is 14.0. The minimum absolute atomic E-state index is 0.162. The van der Waals surface area contributed by atoms with E-state index >= 15 is 0 Å². The molecule has 2 fully saturated rings. The molecule has 0 unspecified atom stereocenters. The van der Waals surface area contributed by atoms with Gasteiger partial charge in [-0.25, -0.2) is 9.78 Å². The van der Waals surface area contributed by atoms with Crippen LogP contribution in [0.4, 0.5) is 35.3 Å². The molecule has 0 radical (unpaired) electrons. The van der Waals surface area contributed by atoms with Gasteiger partial charge < -0.3 is 19.1 Å². The zero-order chi connectivity index (χ0) is 29.6. The normalized spacial score (nSPS) is 21.2. The van der Waals surface area contributed by atoms with Crippen LogP contribution in [0.1, 0.15) is 32.3 Å². The molecule has 2 amide bonds. The first-order valence-electron chi connectivity index (χ1n) is 13.6. The van der Waals surface area contributed by atoms with Crippen molar-refractivity contribution in [2.45, 2.75) is 50.8 Å². The van der Waals surface area contributed by atoms with Crippen LogP contribution in [0.2, 0.25) is 5.02 Å². The Bertz CT molecular complexity index is 1500. The maximum atomic E-state index is 13.8. The van der Waals surface area contributed by atoms with Crippen LogP contribution in [-0.4, -0.2) is 60.2 Å². The maximum Gasteiger partial charge on any atom is 0.416 e. The Morgan fingerprint density at radius 3 is 2.76 bits per heavy atom. The number of carbonyl (C=O) groups is 1. The number of alkyl halides is 3. The van der Waals surface area contributed by atoms with Crippen molar-refractivity contribution in [2.24, 2.45) is 0 Å². The lowest BCUT2D eigenvalue weighted by Gasteiger charge is -2.46. The quantitative estimate of drug-likeness (QED) is 0.363. The molecule has 6 rings (SSSR count). The number of hydrogen-bond donors (Lipinski definition) is 1. The lowest BCUT2D eigenvalue weighted by atomic mass is 9.99. The number of hydrogen-bond acceptors (Lipinski definition) is 7. The molecule has 1 N–H and O–H groups in total. The van der Waals surface area contributed by atoms with Gasteiger partial charge in [-0.15, -0.1) is 0 Å². The van der Waals surface area contributed by atoms with Gasteiger partial charge in [0.15, 0.2) is 11.6 Å². The Morgan fingerprint density at radius 2 is 2.00 bits per heavy atom. The smallest absolute Gasteiger partial charge is 0.416 e. The van der Waals surface area contributed by atoms with Gasteiger partial charge in [-0.3, -0.25) is 10.2 Å². The van der Waals surface area contributed by atoms with Gasteiger partial charge in [0.2, 0.25) is 5.88 Å². The number of urea groups is 1. The number of halogens is 4. The van der Waals surface area contributed by atoms with Gasteiger partial charge in [0, 0.05) is 24.7 Å². The zero-order valence-electron chi connectivity index (χ0n) is 22.9. The van der Waals surface area contributed by atoms with Crippen LogP contribution in [0.15, 0.2) is 48.5 Å². The summed E-state index contributed by atoms with van der Waals surface area (Å²) in [7, 11) is 0. The number of pyridine rings is 2. The van der Waals surface area contributed by atoms with E-state index in [0.717, 1.165) is 31.5 Å². The molecule has 2 aromatic heterocycles. The van der Waals surface area contributed by atoms with Crippen LogP contribution >= 0.6 is 11.6 Å². The highest BCUT2D eigenvalue weighted by Crippen LogP contribution is 2.43. The fourth-order valence-corrected chi connectivity index (χ4v) is 5.76. The molecule has 5 heterocycles. The summed E-state index contributed by atoms with van der Waals surface area (Å²) in [6, 6.07) is 10.9. The van der Waals surface area contributed by atoms with Crippen molar-refractivity contribution >= 4 is 35.0 Å². The highest BCUT2D eigenvalue weighted by Gasteiger charge is 2.39. The minimum atomic E-state index is -4.52. The standard InChI is InChI=1S/C29H29ClF3N5O4/c1-28(2)41-16-20(42-28)15-40-24-10-4-9-23(34-24)35-27(39)38-19-8-5-11-37(14-19)22-13-21(30)25(36-26(22)38)17-6-3-7-18(12-17)29(31,32)33/h3-4,6-7,9-10,12-13,19-20H,5,8,11,14-16H2,1-2H3,(H,34,35,39)/t19-,20+/m0/s1. The third-order valence-electron chi connectivity index (χ3n) is 7.39. The predicted octanol–water partition coefficient (Wildman–Crippen LogP) is 6.37. The molecule has 9 nitrogen and oxygen atoms in total. The zero-order valence-corrected chi connectivity index (χ0v) is 23.7. The van der Waals surface area contributed by atoms with Gasteiger partial charge in [-0.05, 0) is 51.0 Å².